The third-order valence-corrected chi connectivity index (χ3v) is 4.89. The summed E-state index contributed by atoms with van der Waals surface area (Å²) in [4.78, 5) is 25.7. The lowest BCUT2D eigenvalue weighted by Crippen LogP contribution is -2.48. The van der Waals surface area contributed by atoms with Gasteiger partial charge in [-0.1, -0.05) is 0 Å². The molecule has 114 valence electrons. The van der Waals surface area contributed by atoms with E-state index in [1.54, 1.807) is 11.8 Å². The van der Waals surface area contributed by atoms with Gasteiger partial charge in [-0.2, -0.15) is 11.8 Å². The van der Waals surface area contributed by atoms with Crippen molar-refractivity contribution >= 4 is 23.6 Å². The van der Waals surface area contributed by atoms with E-state index in [1.165, 1.54) is 0 Å². The molecule has 1 atom stereocenters. The fourth-order valence-corrected chi connectivity index (χ4v) is 2.65. The third-order valence-electron chi connectivity index (χ3n) is 3.97. The number of hydrogen-bond acceptors (Lipinski definition) is 4. The molecule has 1 saturated carbocycles. The predicted octanol–water partition coefficient (Wildman–Crippen LogP) is 0.597. The molecule has 2 amide bonds. The van der Waals surface area contributed by atoms with E-state index in [-0.39, 0.29) is 23.1 Å². The molecule has 0 aromatic rings. The first-order chi connectivity index (χ1) is 9.58. The van der Waals surface area contributed by atoms with Crippen LogP contribution in [0.1, 0.15) is 32.6 Å². The van der Waals surface area contributed by atoms with E-state index in [0.717, 1.165) is 38.8 Å². The largest absolute Gasteiger partial charge is 0.352 e. The smallest absolute Gasteiger partial charge is 0.234 e. The van der Waals surface area contributed by atoms with Gasteiger partial charge in [0, 0.05) is 25.2 Å². The van der Waals surface area contributed by atoms with E-state index in [1.807, 2.05) is 13.2 Å². The average molecular weight is 299 g/mol. The highest BCUT2D eigenvalue weighted by Crippen LogP contribution is 2.18. The minimum absolute atomic E-state index is 0.0114. The first-order valence-corrected chi connectivity index (χ1v) is 8.72. The van der Waals surface area contributed by atoms with Crippen LogP contribution in [0, 0.1) is 0 Å². The zero-order valence-electron chi connectivity index (χ0n) is 12.4. The van der Waals surface area contributed by atoms with E-state index in [4.69, 9.17) is 0 Å². The molecular weight excluding hydrogens is 274 g/mol. The van der Waals surface area contributed by atoms with Crippen molar-refractivity contribution in [2.45, 2.75) is 49.9 Å². The maximum Gasteiger partial charge on any atom is 0.234 e. The first-order valence-electron chi connectivity index (χ1n) is 7.43. The number of rotatable bonds is 6. The molecule has 1 saturated heterocycles. The Morgan fingerprint density at radius 3 is 2.30 bits per heavy atom. The van der Waals surface area contributed by atoms with Gasteiger partial charge in [0.25, 0.3) is 0 Å². The number of amides is 2. The Morgan fingerprint density at radius 1 is 1.15 bits per heavy atom. The molecule has 0 spiro atoms. The summed E-state index contributed by atoms with van der Waals surface area (Å²) in [5.41, 5.74) is 0. The lowest BCUT2D eigenvalue weighted by atomic mass is 10.0. The van der Waals surface area contributed by atoms with Crippen LogP contribution in [0.3, 0.4) is 0 Å². The summed E-state index contributed by atoms with van der Waals surface area (Å²) in [5, 5.41) is 6.12. The van der Waals surface area contributed by atoms with E-state index < -0.39 is 0 Å². The second-order valence-electron chi connectivity index (χ2n) is 5.78. The summed E-state index contributed by atoms with van der Waals surface area (Å²) in [6.07, 6.45) is 6.08. The molecule has 0 unspecified atom stereocenters. The summed E-state index contributed by atoms with van der Waals surface area (Å²) < 4.78 is 0. The van der Waals surface area contributed by atoms with Crippen LogP contribution in [0.15, 0.2) is 0 Å². The second-order valence-corrected chi connectivity index (χ2v) is 6.96. The normalized spacial score (nSPS) is 22.3. The molecule has 1 aliphatic heterocycles. The van der Waals surface area contributed by atoms with Crippen molar-refractivity contribution in [3.05, 3.63) is 0 Å². The van der Waals surface area contributed by atoms with Crippen LogP contribution < -0.4 is 10.6 Å². The Balaban J connectivity index is 1.64. The summed E-state index contributed by atoms with van der Waals surface area (Å²) in [6, 6.07) is 0.701. The molecule has 6 heteroatoms. The summed E-state index contributed by atoms with van der Waals surface area (Å²) in [6.45, 7) is 4.20. The predicted molar refractivity (Wildman–Crippen MR) is 81.7 cm³/mol. The van der Waals surface area contributed by atoms with Gasteiger partial charge in [0.1, 0.15) is 0 Å². The molecule has 0 aromatic heterocycles. The molecule has 5 nitrogen and oxygen atoms in total. The number of carbonyl (C=O) groups excluding carboxylic acids is 2. The van der Waals surface area contributed by atoms with Crippen molar-refractivity contribution in [3.63, 3.8) is 0 Å². The highest BCUT2D eigenvalue weighted by atomic mass is 32.2. The summed E-state index contributed by atoms with van der Waals surface area (Å²) >= 11 is 1.57. The minimum Gasteiger partial charge on any atom is -0.352 e. The van der Waals surface area contributed by atoms with Gasteiger partial charge in [0.2, 0.25) is 11.8 Å². The van der Waals surface area contributed by atoms with Crippen LogP contribution in [-0.4, -0.2) is 59.9 Å². The molecule has 0 radical (unpaired) electrons. The number of piperidine rings is 1. The fourth-order valence-electron chi connectivity index (χ4n) is 2.37. The molecule has 2 aliphatic rings. The van der Waals surface area contributed by atoms with Gasteiger partial charge in [-0.25, -0.2) is 0 Å². The van der Waals surface area contributed by atoms with Crippen molar-refractivity contribution in [2.75, 3.05) is 25.9 Å². The van der Waals surface area contributed by atoms with Gasteiger partial charge in [-0.3, -0.25) is 14.5 Å². The molecule has 2 rings (SSSR count). The van der Waals surface area contributed by atoms with Crippen molar-refractivity contribution in [1.82, 2.24) is 15.5 Å². The van der Waals surface area contributed by atoms with E-state index in [9.17, 15) is 9.59 Å². The zero-order valence-corrected chi connectivity index (χ0v) is 13.2. The molecule has 2 fully saturated rings. The Kier molecular flexibility index (Phi) is 5.72. The highest BCUT2D eigenvalue weighted by Gasteiger charge is 2.26. The standard InChI is InChI=1S/C14H25N3O2S/c1-10(20-2)14(19)16-12-5-7-17(8-6-12)9-13(18)15-11-3-4-11/h10-12H,3-9H2,1-2H3,(H,15,18)(H,16,19)/t10-/m0/s1. The average Bonchev–Trinajstić information content (AvgIpc) is 3.23. The van der Waals surface area contributed by atoms with Gasteiger partial charge in [0.05, 0.1) is 11.8 Å². The van der Waals surface area contributed by atoms with Crippen LogP contribution in [0.5, 0.6) is 0 Å². The number of thioether (sulfide) groups is 1. The summed E-state index contributed by atoms with van der Waals surface area (Å²) in [5.74, 6) is 0.272. The van der Waals surface area contributed by atoms with E-state index >= 15 is 0 Å². The van der Waals surface area contributed by atoms with Gasteiger partial charge in [0.15, 0.2) is 0 Å². The van der Waals surface area contributed by atoms with Crippen molar-refractivity contribution in [1.29, 1.82) is 0 Å². The highest BCUT2D eigenvalue weighted by molar-refractivity contribution is 7.99. The zero-order chi connectivity index (χ0) is 14.5. The second kappa shape index (κ2) is 7.31. The van der Waals surface area contributed by atoms with E-state index in [2.05, 4.69) is 15.5 Å². The summed E-state index contributed by atoms with van der Waals surface area (Å²) in [7, 11) is 0. The number of nitrogens with zero attached hydrogens (tertiary/aromatic N) is 1. The molecule has 2 N–H and O–H groups in total. The Morgan fingerprint density at radius 2 is 1.75 bits per heavy atom. The Labute approximate surface area is 125 Å². The van der Waals surface area contributed by atoms with Gasteiger partial charge < -0.3 is 10.6 Å². The number of carbonyl (C=O) groups is 2. The van der Waals surface area contributed by atoms with Crippen LogP contribution in [0.2, 0.25) is 0 Å². The monoisotopic (exact) mass is 299 g/mol. The maximum atomic E-state index is 11.8. The SMILES string of the molecule is CS[C@@H](C)C(=O)NC1CCN(CC(=O)NC2CC2)CC1. The Hall–Kier alpha value is -0.750. The lowest BCUT2D eigenvalue weighted by molar-refractivity contribution is -0.124. The van der Waals surface area contributed by atoms with Crippen molar-refractivity contribution < 1.29 is 9.59 Å². The number of likely N-dealkylation sites (tertiary alicyclic amines) is 1. The molecule has 0 bridgehead atoms. The molecule has 0 aromatic carbocycles. The minimum atomic E-state index is 0.0114. The van der Waals surface area contributed by atoms with Gasteiger partial charge >= 0.3 is 0 Å². The van der Waals surface area contributed by atoms with Gasteiger partial charge in [-0.05, 0) is 38.9 Å². The number of hydrogen-bond donors (Lipinski definition) is 2. The fraction of sp³-hybridized carbons (Fsp3) is 0.857. The van der Waals surface area contributed by atoms with Crippen LogP contribution in [0.25, 0.3) is 0 Å². The third kappa shape index (κ3) is 4.98. The van der Waals surface area contributed by atoms with Crippen LogP contribution in [0.4, 0.5) is 0 Å². The number of nitrogens with one attached hydrogen (secondary N) is 2. The molecule has 1 aliphatic carbocycles. The first kappa shape index (κ1) is 15.6. The molecular formula is C14H25N3O2S. The van der Waals surface area contributed by atoms with Gasteiger partial charge in [-0.15, -0.1) is 0 Å². The van der Waals surface area contributed by atoms with Crippen molar-refractivity contribution in [3.8, 4) is 0 Å². The maximum absolute atomic E-state index is 11.8. The topological polar surface area (TPSA) is 61.4 Å². The van der Waals surface area contributed by atoms with E-state index in [0.29, 0.717) is 12.6 Å². The van der Waals surface area contributed by atoms with Crippen molar-refractivity contribution in [2.24, 2.45) is 0 Å². The Bertz CT molecular complexity index is 352. The van der Waals surface area contributed by atoms with Crippen LogP contribution in [-0.2, 0) is 9.59 Å². The molecule has 1 heterocycles. The quantitative estimate of drug-likeness (QED) is 0.754. The van der Waals surface area contributed by atoms with Crippen LogP contribution >= 0.6 is 11.8 Å². The lowest BCUT2D eigenvalue weighted by Gasteiger charge is -2.32. The molecule has 20 heavy (non-hydrogen) atoms.